The fraction of sp³-hybridized carbons (Fsp3) is 0.625. The van der Waals surface area contributed by atoms with Crippen LogP contribution >= 0.6 is 0 Å². The monoisotopic (exact) mass is 357 g/mol. The van der Waals surface area contributed by atoms with Gasteiger partial charge in [-0.25, -0.2) is 0 Å². The summed E-state index contributed by atoms with van der Waals surface area (Å²) in [5, 5.41) is 7.51. The van der Waals surface area contributed by atoms with Gasteiger partial charge in [-0.2, -0.15) is 62.3 Å². The highest BCUT2D eigenvalue weighted by Crippen LogP contribution is 2.58. The molecular weight excluding hydrogens is 357 g/mol. The van der Waals surface area contributed by atoms with Crippen LogP contribution in [0.5, 0.6) is 0 Å². The van der Waals surface area contributed by atoms with Crippen LogP contribution in [0.15, 0.2) is 11.9 Å². The van der Waals surface area contributed by atoms with E-state index in [0.717, 1.165) is 0 Å². The van der Waals surface area contributed by atoms with E-state index in [-0.39, 0.29) is 0 Å². The normalized spacial score (nSPS) is 14.5. The SMILES string of the molecule is N#CC(F)(F)C(F)(F)C(F)(F)C(F)(F)C(F)(F)C(F)=C(F)F. The van der Waals surface area contributed by atoms with Gasteiger partial charge in [0, 0.05) is 0 Å². The van der Waals surface area contributed by atoms with E-state index in [1.165, 1.54) is 0 Å². The third kappa shape index (κ3) is 2.45. The van der Waals surface area contributed by atoms with Crippen LogP contribution in [0, 0.1) is 11.3 Å². The second-order valence-corrected chi connectivity index (χ2v) is 3.56. The molecule has 0 N–H and O–H groups in total. The summed E-state index contributed by atoms with van der Waals surface area (Å²) in [6.45, 7) is 0. The smallest absolute Gasteiger partial charge is 0.199 e. The number of nitrogens with zero attached hydrogens (tertiary/aromatic N) is 1. The summed E-state index contributed by atoms with van der Waals surface area (Å²) in [4.78, 5) is 0. The van der Waals surface area contributed by atoms with Gasteiger partial charge in [0.2, 0.25) is 5.83 Å². The maximum atomic E-state index is 12.7. The van der Waals surface area contributed by atoms with Crippen molar-refractivity contribution < 1.29 is 57.1 Å². The molecule has 0 radical (unpaired) electrons. The van der Waals surface area contributed by atoms with Crippen LogP contribution in [-0.2, 0) is 0 Å². The zero-order chi connectivity index (χ0) is 18.4. The van der Waals surface area contributed by atoms with Crippen molar-refractivity contribution in [3.8, 4) is 6.07 Å². The van der Waals surface area contributed by atoms with Gasteiger partial charge in [-0.3, -0.25) is 0 Å². The van der Waals surface area contributed by atoms with Crippen molar-refractivity contribution in [1.82, 2.24) is 0 Å². The molecule has 0 aliphatic heterocycles. The van der Waals surface area contributed by atoms with Crippen LogP contribution < -0.4 is 0 Å². The van der Waals surface area contributed by atoms with Crippen molar-refractivity contribution in [3.05, 3.63) is 11.9 Å². The lowest BCUT2D eigenvalue weighted by Crippen LogP contribution is -2.67. The van der Waals surface area contributed by atoms with Gasteiger partial charge >= 0.3 is 35.7 Å². The Morgan fingerprint density at radius 3 is 1.27 bits per heavy atom. The fourth-order valence-electron chi connectivity index (χ4n) is 0.918. The standard InChI is InChI=1S/C8F13N/c9-2(3(10)11)5(14,15)7(18,19)8(20,21)6(16,17)4(12,13)1-22. The lowest BCUT2D eigenvalue weighted by molar-refractivity contribution is -0.389. The van der Waals surface area contributed by atoms with Crippen LogP contribution in [0.3, 0.4) is 0 Å². The molecule has 0 aliphatic carbocycles. The molecule has 0 unspecified atom stereocenters. The van der Waals surface area contributed by atoms with Gasteiger partial charge in [0.05, 0.1) is 0 Å². The third-order valence-electron chi connectivity index (χ3n) is 2.16. The summed E-state index contributed by atoms with van der Waals surface area (Å²) in [6.07, 6.45) is -4.27. The number of halogens is 13. The van der Waals surface area contributed by atoms with Crippen molar-refractivity contribution in [2.45, 2.75) is 29.6 Å². The molecule has 1 nitrogen and oxygen atoms in total. The highest BCUT2D eigenvalue weighted by Gasteiger charge is 2.87. The summed E-state index contributed by atoms with van der Waals surface area (Å²) < 4.78 is 161. The minimum atomic E-state index is -7.77. The summed E-state index contributed by atoms with van der Waals surface area (Å²) in [7, 11) is 0. The van der Waals surface area contributed by atoms with Gasteiger partial charge in [-0.1, -0.05) is 0 Å². The Hall–Kier alpha value is -1.68. The molecule has 0 fully saturated rings. The van der Waals surface area contributed by atoms with Gasteiger partial charge in [0.1, 0.15) is 6.07 Å². The first-order valence-corrected chi connectivity index (χ1v) is 4.43. The number of allylic oxidation sites excluding steroid dienone is 1. The zero-order valence-corrected chi connectivity index (χ0v) is 9.36. The minimum absolute atomic E-state index is 0.832. The van der Waals surface area contributed by atoms with E-state index < -0.39 is 47.6 Å². The zero-order valence-electron chi connectivity index (χ0n) is 9.36. The molecule has 22 heavy (non-hydrogen) atoms. The average molecular weight is 357 g/mol. The molecule has 0 spiro atoms. The van der Waals surface area contributed by atoms with Gasteiger partial charge in [0.15, 0.2) is 0 Å². The van der Waals surface area contributed by atoms with Gasteiger partial charge in [-0.15, -0.1) is 0 Å². The Labute approximate surface area is 111 Å². The number of rotatable bonds is 5. The van der Waals surface area contributed by atoms with Gasteiger partial charge in [0.25, 0.3) is 0 Å². The van der Waals surface area contributed by atoms with Crippen molar-refractivity contribution in [1.29, 1.82) is 5.26 Å². The fourth-order valence-corrected chi connectivity index (χ4v) is 0.918. The Morgan fingerprint density at radius 1 is 0.636 bits per heavy atom. The number of alkyl halides is 10. The highest BCUT2D eigenvalue weighted by molar-refractivity contribution is 5.20. The Kier molecular flexibility index (Phi) is 4.80. The van der Waals surface area contributed by atoms with Crippen molar-refractivity contribution in [3.63, 3.8) is 0 Å². The molecule has 0 aromatic rings. The predicted molar refractivity (Wildman–Crippen MR) is 40.7 cm³/mol. The molecule has 0 bridgehead atoms. The summed E-state index contributed by atoms with van der Waals surface area (Å²) >= 11 is 0. The Morgan fingerprint density at radius 2 is 1.00 bits per heavy atom. The maximum absolute atomic E-state index is 12.7. The van der Waals surface area contributed by atoms with Gasteiger partial charge in [-0.05, 0) is 0 Å². The van der Waals surface area contributed by atoms with Crippen LogP contribution in [0.25, 0.3) is 0 Å². The highest BCUT2D eigenvalue weighted by atomic mass is 19.4. The molecular formula is C8F13N. The van der Waals surface area contributed by atoms with E-state index in [1.807, 2.05) is 0 Å². The topological polar surface area (TPSA) is 23.8 Å². The quantitative estimate of drug-likeness (QED) is 0.651. The first-order chi connectivity index (χ1) is 9.41. The number of hydrogen-bond acceptors (Lipinski definition) is 1. The molecule has 0 rings (SSSR count). The van der Waals surface area contributed by atoms with E-state index in [0.29, 0.717) is 0 Å². The van der Waals surface area contributed by atoms with E-state index in [1.54, 1.807) is 0 Å². The Bertz CT molecular complexity index is 507. The first kappa shape index (κ1) is 20.3. The van der Waals surface area contributed by atoms with Crippen molar-refractivity contribution in [2.75, 3.05) is 0 Å². The summed E-state index contributed by atoms with van der Waals surface area (Å²) in [5.41, 5.74) is 0. The lowest BCUT2D eigenvalue weighted by Gasteiger charge is -2.36. The van der Waals surface area contributed by atoms with Crippen LogP contribution in [0.1, 0.15) is 0 Å². The molecule has 0 amide bonds. The van der Waals surface area contributed by atoms with Crippen molar-refractivity contribution in [2.24, 2.45) is 0 Å². The van der Waals surface area contributed by atoms with E-state index in [4.69, 9.17) is 5.26 Å². The summed E-state index contributed by atoms with van der Waals surface area (Å²) in [5.74, 6) is -41.3. The molecule has 0 atom stereocenters. The average Bonchev–Trinajstić information content (AvgIpc) is 2.36. The minimum Gasteiger partial charge on any atom is -0.199 e. The molecule has 0 aromatic heterocycles. The second-order valence-electron chi connectivity index (χ2n) is 3.56. The molecule has 128 valence electrons. The lowest BCUT2D eigenvalue weighted by atomic mass is 9.94. The van der Waals surface area contributed by atoms with E-state index in [2.05, 4.69) is 0 Å². The largest absolute Gasteiger partial charge is 0.400 e. The molecule has 0 aliphatic rings. The third-order valence-corrected chi connectivity index (χ3v) is 2.16. The predicted octanol–water partition coefficient (Wildman–Crippen LogP) is 4.76. The molecule has 0 saturated heterocycles. The molecule has 0 aromatic carbocycles. The van der Waals surface area contributed by atoms with Crippen LogP contribution in [0.4, 0.5) is 57.1 Å². The first-order valence-electron chi connectivity index (χ1n) is 4.43. The van der Waals surface area contributed by atoms with Crippen LogP contribution in [0.2, 0.25) is 0 Å². The maximum Gasteiger partial charge on any atom is 0.400 e. The number of nitriles is 1. The van der Waals surface area contributed by atoms with Gasteiger partial charge < -0.3 is 0 Å². The number of hydrogen-bond donors (Lipinski definition) is 0. The second kappa shape index (κ2) is 5.20. The molecule has 0 heterocycles. The Balaban J connectivity index is 6.33. The summed E-state index contributed by atoms with van der Waals surface area (Å²) in [6, 6.07) is -0.832. The van der Waals surface area contributed by atoms with Crippen LogP contribution in [-0.4, -0.2) is 29.6 Å². The van der Waals surface area contributed by atoms with E-state index >= 15 is 0 Å². The van der Waals surface area contributed by atoms with E-state index in [9.17, 15) is 57.1 Å². The molecule has 0 saturated carbocycles. The molecule has 14 heteroatoms. The van der Waals surface area contributed by atoms with Crippen molar-refractivity contribution >= 4 is 0 Å².